The second kappa shape index (κ2) is 5.87. The first-order chi connectivity index (χ1) is 10.1. The molecule has 3 N–H and O–H groups in total. The molecule has 0 unspecified atom stereocenters. The molecule has 0 saturated heterocycles. The number of nitrogens with zero attached hydrogens (tertiary/aromatic N) is 2. The van der Waals surface area contributed by atoms with Crippen molar-refractivity contribution in [3.8, 4) is 0 Å². The number of thiazole rings is 1. The van der Waals surface area contributed by atoms with Gasteiger partial charge in [-0.15, -0.1) is 11.3 Å². The van der Waals surface area contributed by atoms with Gasteiger partial charge in [-0.3, -0.25) is 15.1 Å². The number of rotatable bonds is 3. The molecule has 0 fully saturated rings. The number of aromatic nitrogens is 2. The Morgan fingerprint density at radius 1 is 1.33 bits per heavy atom. The Morgan fingerprint density at radius 2 is 2.14 bits per heavy atom. The van der Waals surface area contributed by atoms with E-state index in [1.807, 2.05) is 0 Å². The van der Waals surface area contributed by atoms with Crippen molar-refractivity contribution in [3.63, 3.8) is 0 Å². The van der Waals surface area contributed by atoms with Crippen LogP contribution in [0.25, 0.3) is 0 Å². The van der Waals surface area contributed by atoms with Crippen LogP contribution < -0.4 is 11.1 Å². The number of thiocarbonyl (C=S) groups is 1. The van der Waals surface area contributed by atoms with E-state index >= 15 is 0 Å². The molecule has 108 valence electrons. The Morgan fingerprint density at radius 3 is 2.81 bits per heavy atom. The molecule has 1 amide bonds. The molecular weight excluding hydrogens is 304 g/mol. The van der Waals surface area contributed by atoms with Crippen molar-refractivity contribution < 1.29 is 4.79 Å². The van der Waals surface area contributed by atoms with Gasteiger partial charge in [-0.25, -0.2) is 4.98 Å². The number of carbonyl (C=O) groups excluding carboxylic acids is 1. The van der Waals surface area contributed by atoms with Crippen molar-refractivity contribution in [2.24, 2.45) is 5.73 Å². The molecule has 0 aliphatic heterocycles. The lowest BCUT2D eigenvalue weighted by atomic mass is 10.0. The number of nitrogens with two attached hydrogens (primary N) is 1. The minimum absolute atomic E-state index is 0.266. The van der Waals surface area contributed by atoms with E-state index in [1.165, 1.54) is 23.9 Å². The fourth-order valence-electron chi connectivity index (χ4n) is 2.24. The molecule has 7 heteroatoms. The quantitative estimate of drug-likeness (QED) is 0.849. The Balaban J connectivity index is 1.73. The Hall–Kier alpha value is -1.86. The highest BCUT2D eigenvalue weighted by molar-refractivity contribution is 7.80. The molecule has 0 atom stereocenters. The molecule has 3 rings (SSSR count). The van der Waals surface area contributed by atoms with Crippen LogP contribution >= 0.6 is 23.6 Å². The summed E-state index contributed by atoms with van der Waals surface area (Å²) in [5, 5.41) is 3.45. The number of anilines is 1. The summed E-state index contributed by atoms with van der Waals surface area (Å²) in [6.45, 7) is 0. The summed E-state index contributed by atoms with van der Waals surface area (Å²) in [6, 6.07) is 3.30. The van der Waals surface area contributed by atoms with E-state index in [4.69, 9.17) is 18.0 Å². The molecule has 2 aromatic rings. The van der Waals surface area contributed by atoms with Crippen LogP contribution in [0.15, 0.2) is 18.3 Å². The van der Waals surface area contributed by atoms with Crippen molar-refractivity contribution in [3.05, 3.63) is 40.2 Å². The number of nitrogens with one attached hydrogen (secondary N) is 1. The van der Waals surface area contributed by atoms with E-state index < -0.39 is 0 Å². The molecule has 0 bridgehead atoms. The van der Waals surface area contributed by atoms with Crippen LogP contribution in [0.3, 0.4) is 0 Å². The van der Waals surface area contributed by atoms with Gasteiger partial charge in [0.15, 0.2) is 5.13 Å². The van der Waals surface area contributed by atoms with Gasteiger partial charge in [0.05, 0.1) is 5.69 Å². The number of carbonyl (C=O) groups is 1. The first-order valence-electron chi connectivity index (χ1n) is 6.69. The molecule has 2 heterocycles. The summed E-state index contributed by atoms with van der Waals surface area (Å²) in [5.74, 6) is -0.268. The lowest BCUT2D eigenvalue weighted by Gasteiger charge is -2.06. The van der Waals surface area contributed by atoms with E-state index in [2.05, 4.69) is 15.3 Å². The van der Waals surface area contributed by atoms with Gasteiger partial charge in [0.1, 0.15) is 10.7 Å². The molecule has 1 aliphatic rings. The molecule has 0 aromatic carbocycles. The third-order valence-corrected chi connectivity index (χ3v) is 4.66. The largest absolute Gasteiger partial charge is 0.389 e. The highest BCUT2D eigenvalue weighted by Crippen LogP contribution is 2.29. The van der Waals surface area contributed by atoms with Crippen LogP contribution in [0.2, 0.25) is 0 Å². The van der Waals surface area contributed by atoms with Crippen molar-refractivity contribution >= 4 is 39.6 Å². The van der Waals surface area contributed by atoms with Crippen molar-refractivity contribution in [2.45, 2.75) is 25.7 Å². The number of hydrogen-bond acceptors (Lipinski definition) is 5. The number of pyridine rings is 1. The van der Waals surface area contributed by atoms with Crippen LogP contribution in [0.1, 0.15) is 39.5 Å². The Labute approximate surface area is 131 Å². The summed E-state index contributed by atoms with van der Waals surface area (Å²) < 4.78 is 0. The topological polar surface area (TPSA) is 80.9 Å². The molecule has 5 nitrogen and oxygen atoms in total. The zero-order chi connectivity index (χ0) is 14.8. The fourth-order valence-corrected chi connectivity index (χ4v) is 3.41. The van der Waals surface area contributed by atoms with Gasteiger partial charge in [-0.2, -0.15) is 0 Å². The van der Waals surface area contributed by atoms with E-state index in [0.29, 0.717) is 16.4 Å². The van der Waals surface area contributed by atoms with Gasteiger partial charge in [-0.05, 0) is 37.8 Å². The SMILES string of the molecule is NC(=S)c1ccc(C(=O)Nc2nc3c(s2)CCCC3)nc1. The fraction of sp³-hybridized carbons (Fsp3) is 0.286. The summed E-state index contributed by atoms with van der Waals surface area (Å²) in [5.41, 5.74) is 7.59. The Bertz CT molecular complexity index is 670. The van der Waals surface area contributed by atoms with Crippen molar-refractivity contribution in [1.82, 2.24) is 9.97 Å². The minimum Gasteiger partial charge on any atom is -0.389 e. The third kappa shape index (κ3) is 3.08. The summed E-state index contributed by atoms with van der Waals surface area (Å²) in [4.78, 5) is 22.2. The van der Waals surface area contributed by atoms with Gasteiger partial charge in [0.2, 0.25) is 0 Å². The number of aryl methyl sites for hydroxylation is 2. The summed E-state index contributed by atoms with van der Waals surface area (Å²) in [6.07, 6.45) is 5.94. The smallest absolute Gasteiger partial charge is 0.276 e. The predicted molar refractivity (Wildman–Crippen MR) is 86.8 cm³/mol. The van der Waals surface area contributed by atoms with Gasteiger partial charge in [-0.1, -0.05) is 12.2 Å². The lowest BCUT2D eigenvalue weighted by molar-refractivity contribution is 0.102. The van der Waals surface area contributed by atoms with Gasteiger partial charge >= 0.3 is 0 Å². The average molecular weight is 318 g/mol. The number of hydrogen-bond donors (Lipinski definition) is 2. The average Bonchev–Trinajstić information content (AvgIpc) is 2.89. The summed E-state index contributed by atoms with van der Waals surface area (Å²) >= 11 is 6.41. The van der Waals surface area contributed by atoms with Gasteiger partial charge < -0.3 is 5.73 Å². The van der Waals surface area contributed by atoms with Crippen LogP contribution in [0.4, 0.5) is 5.13 Å². The normalized spacial score (nSPS) is 13.5. The highest BCUT2D eigenvalue weighted by atomic mass is 32.1. The van der Waals surface area contributed by atoms with E-state index in [0.717, 1.165) is 18.5 Å². The van der Waals surface area contributed by atoms with Crippen LogP contribution in [-0.4, -0.2) is 20.9 Å². The minimum atomic E-state index is -0.268. The molecular formula is C14H14N4OS2. The first-order valence-corrected chi connectivity index (χ1v) is 7.92. The monoisotopic (exact) mass is 318 g/mol. The van der Waals surface area contributed by atoms with E-state index in [1.54, 1.807) is 23.5 Å². The van der Waals surface area contributed by atoms with Crippen LogP contribution in [0, 0.1) is 0 Å². The Kier molecular flexibility index (Phi) is 3.94. The highest BCUT2D eigenvalue weighted by Gasteiger charge is 2.17. The third-order valence-electron chi connectivity index (χ3n) is 3.35. The maximum absolute atomic E-state index is 12.1. The number of amides is 1. The zero-order valence-corrected chi connectivity index (χ0v) is 12.9. The zero-order valence-electron chi connectivity index (χ0n) is 11.3. The molecule has 0 spiro atoms. The molecule has 1 aliphatic carbocycles. The van der Waals surface area contributed by atoms with Crippen molar-refractivity contribution in [1.29, 1.82) is 0 Å². The molecule has 21 heavy (non-hydrogen) atoms. The van der Waals surface area contributed by atoms with Gasteiger partial charge in [0, 0.05) is 16.6 Å². The van der Waals surface area contributed by atoms with Crippen molar-refractivity contribution in [2.75, 3.05) is 5.32 Å². The summed E-state index contributed by atoms with van der Waals surface area (Å²) in [7, 11) is 0. The van der Waals surface area contributed by atoms with Crippen LogP contribution in [0.5, 0.6) is 0 Å². The second-order valence-corrected chi connectivity index (χ2v) is 6.37. The van der Waals surface area contributed by atoms with Crippen LogP contribution in [-0.2, 0) is 12.8 Å². The lowest BCUT2D eigenvalue weighted by Crippen LogP contribution is -2.15. The predicted octanol–water partition coefficient (Wildman–Crippen LogP) is 2.30. The number of fused-ring (bicyclic) bond motifs is 1. The maximum Gasteiger partial charge on any atom is 0.276 e. The molecule has 0 radical (unpaired) electrons. The maximum atomic E-state index is 12.1. The second-order valence-electron chi connectivity index (χ2n) is 4.85. The first kappa shape index (κ1) is 14.1. The molecule has 2 aromatic heterocycles. The van der Waals surface area contributed by atoms with E-state index in [9.17, 15) is 4.79 Å². The molecule has 0 saturated carbocycles. The van der Waals surface area contributed by atoms with E-state index in [-0.39, 0.29) is 10.9 Å². The standard InChI is InChI=1S/C14H14N4OS2/c15-12(20)8-5-6-10(16-7-8)13(19)18-14-17-9-3-1-2-4-11(9)21-14/h5-7H,1-4H2,(H2,15,20)(H,17,18,19). The van der Waals surface area contributed by atoms with Gasteiger partial charge in [0.25, 0.3) is 5.91 Å².